The second-order valence-electron chi connectivity index (χ2n) is 4.13. The van der Waals surface area contributed by atoms with E-state index in [9.17, 15) is 9.90 Å². The first-order valence-electron chi connectivity index (χ1n) is 5.76. The Morgan fingerprint density at radius 1 is 1.65 bits per heavy atom. The minimum atomic E-state index is -0.273. The Bertz CT molecular complexity index is 369. The fourth-order valence-electron chi connectivity index (χ4n) is 1.44. The number of nitrogens with one attached hydrogen (secondary N) is 1. The molecule has 94 valence electrons. The quantitative estimate of drug-likeness (QED) is 0.641. The molecule has 17 heavy (non-hydrogen) atoms. The molecule has 0 saturated carbocycles. The van der Waals surface area contributed by atoms with Crippen molar-refractivity contribution < 1.29 is 9.90 Å². The van der Waals surface area contributed by atoms with Crippen LogP contribution in [0.1, 0.15) is 30.1 Å². The Morgan fingerprint density at radius 2 is 2.41 bits per heavy atom. The maximum absolute atomic E-state index is 11.7. The lowest BCUT2D eigenvalue weighted by molar-refractivity contribution is 0.0949. The SMILES string of the molecule is CC(CN)CCCNC(=O)c1ccncc1O. The maximum Gasteiger partial charge on any atom is 0.255 e. The van der Waals surface area contributed by atoms with Crippen LogP contribution >= 0.6 is 0 Å². The van der Waals surface area contributed by atoms with E-state index in [-0.39, 0.29) is 17.2 Å². The van der Waals surface area contributed by atoms with Gasteiger partial charge >= 0.3 is 0 Å². The van der Waals surface area contributed by atoms with Gasteiger partial charge in [0.2, 0.25) is 0 Å². The molecule has 1 aromatic heterocycles. The third-order valence-corrected chi connectivity index (χ3v) is 2.61. The average molecular weight is 237 g/mol. The minimum Gasteiger partial charge on any atom is -0.505 e. The van der Waals surface area contributed by atoms with Gasteiger partial charge < -0.3 is 16.2 Å². The average Bonchev–Trinajstić information content (AvgIpc) is 2.34. The number of carbonyl (C=O) groups is 1. The van der Waals surface area contributed by atoms with Crippen molar-refractivity contribution in [2.75, 3.05) is 13.1 Å². The van der Waals surface area contributed by atoms with Gasteiger partial charge in [-0.05, 0) is 31.4 Å². The largest absolute Gasteiger partial charge is 0.505 e. The zero-order chi connectivity index (χ0) is 12.7. The van der Waals surface area contributed by atoms with Gasteiger partial charge in [-0.2, -0.15) is 0 Å². The topological polar surface area (TPSA) is 88.2 Å². The van der Waals surface area contributed by atoms with Crippen molar-refractivity contribution >= 4 is 5.91 Å². The van der Waals surface area contributed by atoms with Crippen molar-refractivity contribution in [3.8, 4) is 5.75 Å². The lowest BCUT2D eigenvalue weighted by atomic mass is 10.1. The van der Waals surface area contributed by atoms with Crippen LogP contribution < -0.4 is 11.1 Å². The van der Waals surface area contributed by atoms with E-state index in [2.05, 4.69) is 17.2 Å². The summed E-state index contributed by atoms with van der Waals surface area (Å²) in [5.74, 6) is 0.104. The normalized spacial score (nSPS) is 12.1. The van der Waals surface area contributed by atoms with Crippen LogP contribution in [-0.2, 0) is 0 Å². The van der Waals surface area contributed by atoms with E-state index in [1.165, 1.54) is 18.5 Å². The molecule has 0 saturated heterocycles. The summed E-state index contributed by atoms with van der Waals surface area (Å²) in [4.78, 5) is 15.4. The fourth-order valence-corrected chi connectivity index (χ4v) is 1.44. The summed E-state index contributed by atoms with van der Waals surface area (Å²) in [7, 11) is 0. The van der Waals surface area contributed by atoms with E-state index in [4.69, 9.17) is 5.73 Å². The van der Waals surface area contributed by atoms with Crippen LogP contribution in [0, 0.1) is 5.92 Å². The first kappa shape index (κ1) is 13.4. The van der Waals surface area contributed by atoms with Crippen molar-refractivity contribution in [2.45, 2.75) is 19.8 Å². The number of pyridine rings is 1. The maximum atomic E-state index is 11.7. The number of nitrogens with two attached hydrogens (primary N) is 1. The summed E-state index contributed by atoms with van der Waals surface area (Å²) >= 11 is 0. The number of carbonyl (C=O) groups excluding carboxylic acids is 1. The highest BCUT2D eigenvalue weighted by Crippen LogP contribution is 2.13. The van der Waals surface area contributed by atoms with E-state index >= 15 is 0 Å². The molecule has 1 aromatic rings. The van der Waals surface area contributed by atoms with Crippen molar-refractivity contribution in [2.24, 2.45) is 11.7 Å². The van der Waals surface area contributed by atoms with Crippen LogP contribution in [0.3, 0.4) is 0 Å². The molecule has 1 unspecified atom stereocenters. The molecule has 0 fully saturated rings. The number of aromatic nitrogens is 1. The van der Waals surface area contributed by atoms with Crippen molar-refractivity contribution in [1.82, 2.24) is 10.3 Å². The summed E-state index contributed by atoms with van der Waals surface area (Å²) in [5.41, 5.74) is 5.75. The Hall–Kier alpha value is -1.62. The second-order valence-corrected chi connectivity index (χ2v) is 4.13. The van der Waals surface area contributed by atoms with Crippen LogP contribution in [0.2, 0.25) is 0 Å². The standard InChI is InChI=1S/C12H19N3O2/c1-9(7-13)3-2-5-15-12(17)10-4-6-14-8-11(10)16/h4,6,8-9,16H,2-3,5,7,13H2,1H3,(H,15,17). The molecule has 0 aliphatic heterocycles. The van der Waals surface area contributed by atoms with E-state index in [1.807, 2.05) is 0 Å². The fraction of sp³-hybridized carbons (Fsp3) is 0.500. The summed E-state index contributed by atoms with van der Waals surface area (Å²) in [6.07, 6.45) is 4.60. The summed E-state index contributed by atoms with van der Waals surface area (Å²) in [5, 5.41) is 12.2. The zero-order valence-corrected chi connectivity index (χ0v) is 10.0. The van der Waals surface area contributed by atoms with Crippen LogP contribution in [-0.4, -0.2) is 29.1 Å². The summed E-state index contributed by atoms with van der Waals surface area (Å²) in [6.45, 7) is 3.33. The highest BCUT2D eigenvalue weighted by Gasteiger charge is 2.09. The van der Waals surface area contributed by atoms with Gasteiger partial charge in [-0.15, -0.1) is 0 Å². The van der Waals surface area contributed by atoms with Crippen molar-refractivity contribution in [1.29, 1.82) is 0 Å². The van der Waals surface area contributed by atoms with Crippen LogP contribution in [0.5, 0.6) is 5.75 Å². The first-order valence-corrected chi connectivity index (χ1v) is 5.76. The highest BCUT2D eigenvalue weighted by atomic mass is 16.3. The van der Waals surface area contributed by atoms with Gasteiger partial charge in [0.1, 0.15) is 5.75 Å². The highest BCUT2D eigenvalue weighted by molar-refractivity contribution is 5.96. The molecule has 5 heteroatoms. The molecule has 5 nitrogen and oxygen atoms in total. The summed E-state index contributed by atoms with van der Waals surface area (Å²) in [6, 6.07) is 1.49. The molecule has 1 atom stereocenters. The van der Waals surface area contributed by atoms with Crippen LogP contribution in [0.25, 0.3) is 0 Å². The molecule has 1 heterocycles. The smallest absolute Gasteiger partial charge is 0.255 e. The molecule has 1 rings (SSSR count). The number of hydrogen-bond acceptors (Lipinski definition) is 4. The van der Waals surface area contributed by atoms with Gasteiger partial charge in [0, 0.05) is 12.7 Å². The van der Waals surface area contributed by atoms with E-state index in [0.29, 0.717) is 19.0 Å². The van der Waals surface area contributed by atoms with Crippen LogP contribution in [0.4, 0.5) is 0 Å². The third-order valence-electron chi connectivity index (χ3n) is 2.61. The Balaban J connectivity index is 2.33. The molecule has 0 aliphatic rings. The van der Waals surface area contributed by atoms with Gasteiger partial charge in [-0.25, -0.2) is 0 Å². The van der Waals surface area contributed by atoms with Gasteiger partial charge in [-0.3, -0.25) is 9.78 Å². The number of aromatic hydroxyl groups is 1. The van der Waals surface area contributed by atoms with E-state index in [1.54, 1.807) is 0 Å². The zero-order valence-electron chi connectivity index (χ0n) is 10.0. The second kappa shape index (κ2) is 6.85. The number of nitrogens with zero attached hydrogens (tertiary/aromatic N) is 1. The van der Waals surface area contributed by atoms with Crippen molar-refractivity contribution in [3.05, 3.63) is 24.0 Å². The molecular weight excluding hydrogens is 218 g/mol. The van der Waals surface area contributed by atoms with Gasteiger partial charge in [0.05, 0.1) is 11.8 Å². The molecular formula is C12H19N3O2. The Kier molecular flexibility index (Phi) is 5.42. The number of rotatable bonds is 6. The lowest BCUT2D eigenvalue weighted by Gasteiger charge is -2.09. The summed E-state index contributed by atoms with van der Waals surface area (Å²) < 4.78 is 0. The monoisotopic (exact) mass is 237 g/mol. The predicted molar refractivity (Wildman–Crippen MR) is 65.7 cm³/mol. The minimum absolute atomic E-state index is 0.0969. The van der Waals surface area contributed by atoms with Gasteiger partial charge in [0.15, 0.2) is 0 Å². The van der Waals surface area contributed by atoms with Gasteiger partial charge in [-0.1, -0.05) is 6.92 Å². The van der Waals surface area contributed by atoms with E-state index in [0.717, 1.165) is 12.8 Å². The van der Waals surface area contributed by atoms with Crippen molar-refractivity contribution in [3.63, 3.8) is 0 Å². The lowest BCUT2D eigenvalue weighted by Crippen LogP contribution is -2.25. The van der Waals surface area contributed by atoms with E-state index < -0.39 is 0 Å². The molecule has 0 spiro atoms. The van der Waals surface area contributed by atoms with Gasteiger partial charge in [0.25, 0.3) is 5.91 Å². The van der Waals surface area contributed by atoms with Crippen LogP contribution in [0.15, 0.2) is 18.5 Å². The predicted octanol–water partition coefficient (Wildman–Crippen LogP) is 0.892. The number of hydrogen-bond donors (Lipinski definition) is 3. The third kappa shape index (κ3) is 4.40. The molecule has 0 aromatic carbocycles. The number of amides is 1. The molecule has 4 N–H and O–H groups in total. The molecule has 0 bridgehead atoms. The Morgan fingerprint density at radius 3 is 3.06 bits per heavy atom. The molecule has 0 radical (unpaired) electrons. The molecule has 1 amide bonds. The first-order chi connectivity index (χ1) is 8.15. The molecule has 0 aliphatic carbocycles. The Labute approximate surface area is 101 Å².